The molecule has 0 saturated carbocycles. The van der Waals surface area contributed by atoms with E-state index in [1.165, 1.54) is 6.08 Å². The van der Waals surface area contributed by atoms with Gasteiger partial charge in [0.2, 0.25) is 5.89 Å². The maximum Gasteiger partial charge on any atom is 0.331 e. The molecule has 0 fully saturated rings. The van der Waals surface area contributed by atoms with E-state index in [1.807, 2.05) is 54.6 Å². The van der Waals surface area contributed by atoms with Gasteiger partial charge < -0.3 is 9.15 Å². The van der Waals surface area contributed by atoms with Crippen molar-refractivity contribution in [2.24, 2.45) is 0 Å². The van der Waals surface area contributed by atoms with Crippen LogP contribution >= 0.6 is 15.9 Å². The highest BCUT2D eigenvalue weighted by molar-refractivity contribution is 9.10. The SMILES string of the molecule is O=C(/C=C/c1cccc(Br)c1)OCc1nnc(-c2ccccc2)o1. The lowest BCUT2D eigenvalue weighted by atomic mass is 10.2. The van der Waals surface area contributed by atoms with E-state index in [-0.39, 0.29) is 12.5 Å². The molecule has 0 radical (unpaired) electrons. The van der Waals surface area contributed by atoms with Gasteiger partial charge in [-0.15, -0.1) is 10.2 Å². The van der Waals surface area contributed by atoms with E-state index < -0.39 is 5.97 Å². The molecule has 0 unspecified atom stereocenters. The molecule has 24 heavy (non-hydrogen) atoms. The van der Waals surface area contributed by atoms with Crippen molar-refractivity contribution >= 4 is 28.0 Å². The number of rotatable bonds is 5. The molecule has 1 heterocycles. The molecule has 0 aliphatic heterocycles. The van der Waals surface area contributed by atoms with Crippen molar-refractivity contribution in [3.8, 4) is 11.5 Å². The molecule has 0 atom stereocenters. The second-order valence-corrected chi connectivity index (χ2v) is 5.78. The van der Waals surface area contributed by atoms with Gasteiger partial charge >= 0.3 is 5.97 Å². The average Bonchev–Trinajstić information content (AvgIpc) is 3.08. The minimum absolute atomic E-state index is 0.0680. The molecule has 0 spiro atoms. The van der Waals surface area contributed by atoms with Crippen molar-refractivity contribution in [3.05, 3.63) is 76.6 Å². The molecule has 5 nitrogen and oxygen atoms in total. The van der Waals surface area contributed by atoms with Crippen LogP contribution in [0.15, 0.2) is 69.6 Å². The first-order valence-corrected chi connectivity index (χ1v) is 7.98. The second kappa shape index (κ2) is 7.70. The number of nitrogens with zero attached hydrogens (tertiary/aromatic N) is 2. The van der Waals surface area contributed by atoms with Gasteiger partial charge in [-0.1, -0.05) is 46.3 Å². The summed E-state index contributed by atoms with van der Waals surface area (Å²) in [5.74, 6) is 0.166. The summed E-state index contributed by atoms with van der Waals surface area (Å²) in [6.45, 7) is -0.0680. The first-order chi connectivity index (χ1) is 11.7. The summed E-state index contributed by atoms with van der Waals surface area (Å²) in [5.41, 5.74) is 1.71. The van der Waals surface area contributed by atoms with Gasteiger partial charge in [0.1, 0.15) is 0 Å². The van der Waals surface area contributed by atoms with Crippen LogP contribution in [0.4, 0.5) is 0 Å². The van der Waals surface area contributed by atoms with Crippen molar-refractivity contribution in [2.75, 3.05) is 0 Å². The Bertz CT molecular complexity index is 859. The van der Waals surface area contributed by atoms with Gasteiger partial charge in [-0.05, 0) is 35.9 Å². The molecule has 3 rings (SSSR count). The van der Waals surface area contributed by atoms with Crippen molar-refractivity contribution in [2.45, 2.75) is 6.61 Å². The topological polar surface area (TPSA) is 65.2 Å². The number of halogens is 1. The average molecular weight is 385 g/mol. The molecule has 0 amide bonds. The van der Waals surface area contributed by atoms with Gasteiger partial charge in [0, 0.05) is 16.1 Å². The van der Waals surface area contributed by atoms with Crippen molar-refractivity contribution in [1.29, 1.82) is 0 Å². The van der Waals surface area contributed by atoms with Gasteiger partial charge in [0.05, 0.1) is 0 Å². The van der Waals surface area contributed by atoms with Crippen LogP contribution in [0, 0.1) is 0 Å². The van der Waals surface area contributed by atoms with Crippen LogP contribution in [0.3, 0.4) is 0 Å². The molecule has 0 aliphatic rings. The monoisotopic (exact) mass is 384 g/mol. The van der Waals surface area contributed by atoms with Crippen LogP contribution in [0.25, 0.3) is 17.5 Å². The van der Waals surface area contributed by atoms with E-state index in [4.69, 9.17) is 9.15 Å². The highest BCUT2D eigenvalue weighted by Gasteiger charge is 2.09. The minimum atomic E-state index is -0.477. The number of hydrogen-bond acceptors (Lipinski definition) is 5. The third kappa shape index (κ3) is 4.39. The van der Waals surface area contributed by atoms with Crippen molar-refractivity contribution in [1.82, 2.24) is 10.2 Å². The third-order valence-electron chi connectivity index (χ3n) is 3.09. The number of hydrogen-bond donors (Lipinski definition) is 0. The maximum absolute atomic E-state index is 11.7. The third-order valence-corrected chi connectivity index (χ3v) is 3.58. The summed E-state index contributed by atoms with van der Waals surface area (Å²) in [4.78, 5) is 11.7. The molecule has 120 valence electrons. The van der Waals surface area contributed by atoms with Crippen molar-refractivity contribution in [3.63, 3.8) is 0 Å². The Balaban J connectivity index is 1.56. The standard InChI is InChI=1S/C18H13BrN2O3/c19-15-8-4-5-13(11-15)9-10-17(22)23-12-16-20-21-18(24-16)14-6-2-1-3-7-14/h1-11H,12H2/b10-9+. The molecular weight excluding hydrogens is 372 g/mol. The quantitative estimate of drug-likeness (QED) is 0.485. The highest BCUT2D eigenvalue weighted by atomic mass is 79.9. The molecule has 0 N–H and O–H groups in total. The van der Waals surface area contributed by atoms with Crippen LogP contribution in [-0.4, -0.2) is 16.2 Å². The van der Waals surface area contributed by atoms with E-state index in [1.54, 1.807) is 6.08 Å². The normalized spacial score (nSPS) is 10.9. The number of benzene rings is 2. The minimum Gasteiger partial charge on any atom is -0.452 e. The number of aromatic nitrogens is 2. The number of ether oxygens (including phenoxy) is 1. The molecule has 6 heteroatoms. The molecule has 2 aromatic carbocycles. The number of carbonyl (C=O) groups is 1. The lowest BCUT2D eigenvalue weighted by Crippen LogP contribution is -2.00. The van der Waals surface area contributed by atoms with E-state index in [0.29, 0.717) is 5.89 Å². The van der Waals surface area contributed by atoms with E-state index in [0.717, 1.165) is 15.6 Å². The van der Waals surface area contributed by atoms with Gasteiger partial charge in [0.25, 0.3) is 5.89 Å². The molecule has 1 aromatic heterocycles. The predicted molar refractivity (Wildman–Crippen MR) is 92.7 cm³/mol. The Morgan fingerprint density at radius 3 is 2.75 bits per heavy atom. The lowest BCUT2D eigenvalue weighted by Gasteiger charge is -1.98. The van der Waals surface area contributed by atoms with Crippen LogP contribution in [0.5, 0.6) is 0 Å². The molecule has 3 aromatic rings. The Morgan fingerprint density at radius 2 is 1.96 bits per heavy atom. The Morgan fingerprint density at radius 1 is 1.12 bits per heavy atom. The molecular formula is C18H13BrN2O3. The predicted octanol–water partition coefficient (Wildman–Crippen LogP) is 4.26. The van der Waals surface area contributed by atoms with Gasteiger partial charge in [-0.2, -0.15) is 0 Å². The van der Waals surface area contributed by atoms with E-state index in [9.17, 15) is 4.79 Å². The fraction of sp³-hybridized carbons (Fsp3) is 0.0556. The number of carbonyl (C=O) groups excluding carboxylic acids is 1. The van der Waals surface area contributed by atoms with Gasteiger partial charge in [-0.3, -0.25) is 0 Å². The van der Waals surface area contributed by atoms with Crippen LogP contribution in [0.2, 0.25) is 0 Å². The Kier molecular flexibility index (Phi) is 5.18. The summed E-state index contributed by atoms with van der Waals surface area (Å²) in [7, 11) is 0. The van der Waals surface area contributed by atoms with E-state index >= 15 is 0 Å². The first-order valence-electron chi connectivity index (χ1n) is 7.19. The lowest BCUT2D eigenvalue weighted by molar-refractivity contribution is -0.139. The Hall–Kier alpha value is -2.73. The van der Waals surface area contributed by atoms with Gasteiger partial charge in [-0.25, -0.2) is 4.79 Å². The highest BCUT2D eigenvalue weighted by Crippen LogP contribution is 2.17. The second-order valence-electron chi connectivity index (χ2n) is 4.86. The van der Waals surface area contributed by atoms with E-state index in [2.05, 4.69) is 26.1 Å². The van der Waals surface area contributed by atoms with Crippen LogP contribution < -0.4 is 0 Å². The summed E-state index contributed by atoms with van der Waals surface area (Å²) in [6, 6.07) is 17.0. The summed E-state index contributed by atoms with van der Waals surface area (Å²) < 4.78 is 11.5. The fourth-order valence-electron chi connectivity index (χ4n) is 1.96. The zero-order valence-corrected chi connectivity index (χ0v) is 14.1. The molecule has 0 bridgehead atoms. The summed E-state index contributed by atoms with van der Waals surface area (Å²) in [5, 5.41) is 7.81. The number of esters is 1. The molecule has 0 aliphatic carbocycles. The smallest absolute Gasteiger partial charge is 0.331 e. The first kappa shape index (κ1) is 16.1. The fourth-order valence-corrected chi connectivity index (χ4v) is 2.38. The summed E-state index contributed by atoms with van der Waals surface area (Å²) >= 11 is 3.37. The van der Waals surface area contributed by atoms with Gasteiger partial charge in [0.15, 0.2) is 6.61 Å². The zero-order valence-electron chi connectivity index (χ0n) is 12.6. The van der Waals surface area contributed by atoms with Crippen molar-refractivity contribution < 1.29 is 13.9 Å². The summed E-state index contributed by atoms with van der Waals surface area (Å²) in [6.07, 6.45) is 3.03. The Labute approximate surface area is 147 Å². The zero-order chi connectivity index (χ0) is 16.8. The molecule has 0 saturated heterocycles. The van der Waals surface area contributed by atoms with Crippen LogP contribution in [0.1, 0.15) is 11.5 Å². The largest absolute Gasteiger partial charge is 0.452 e. The van der Waals surface area contributed by atoms with Crippen LogP contribution in [-0.2, 0) is 16.1 Å². The maximum atomic E-state index is 11.7.